The summed E-state index contributed by atoms with van der Waals surface area (Å²) in [4.78, 5) is 0. The summed E-state index contributed by atoms with van der Waals surface area (Å²) in [5, 5.41) is 9.49. The minimum absolute atomic E-state index is 0.0685. The van der Waals surface area contributed by atoms with E-state index in [1.54, 1.807) is 0 Å². The maximum atomic E-state index is 8.80. The van der Waals surface area contributed by atoms with Gasteiger partial charge in [0, 0.05) is 11.1 Å². The molecule has 1 aromatic rings. The van der Waals surface area contributed by atoms with Crippen molar-refractivity contribution in [3.63, 3.8) is 0 Å². The van der Waals surface area contributed by atoms with E-state index < -0.39 is 0 Å². The van der Waals surface area contributed by atoms with Crippen molar-refractivity contribution in [1.29, 1.82) is 0 Å². The third-order valence-electron chi connectivity index (χ3n) is 0.838. The molecule has 3 heteroatoms. The van der Waals surface area contributed by atoms with Gasteiger partial charge in [-0.3, -0.25) is 0 Å². The van der Waals surface area contributed by atoms with Crippen LogP contribution in [0.2, 0.25) is 10.0 Å². The molecule has 0 amide bonds. The first-order valence-electron chi connectivity index (χ1n) is 2.26. The molecule has 0 aliphatic heterocycles. The van der Waals surface area contributed by atoms with E-state index in [4.69, 9.17) is 28.3 Å². The SMILES string of the molecule is Oc1[c]cc(Cl)cc1Cl. The molecule has 1 aromatic carbocycles. The molecule has 0 bridgehead atoms. The molecule has 47 valence electrons. The molecule has 0 atom stereocenters. The first-order chi connectivity index (χ1) is 4.20. The Morgan fingerprint density at radius 3 is 2.56 bits per heavy atom. The van der Waals surface area contributed by atoms with Gasteiger partial charge in [-0.1, -0.05) is 23.2 Å². The summed E-state index contributed by atoms with van der Waals surface area (Å²) in [6, 6.07) is 5.36. The van der Waals surface area contributed by atoms with Gasteiger partial charge in [-0.05, 0) is 12.1 Å². The third-order valence-corrected chi connectivity index (χ3v) is 1.34. The van der Waals surface area contributed by atoms with Crippen molar-refractivity contribution >= 4 is 23.2 Å². The Bertz CT molecular complexity index is 222. The lowest BCUT2D eigenvalue weighted by Gasteiger charge is -1.92. The van der Waals surface area contributed by atoms with Crippen molar-refractivity contribution in [3.8, 4) is 5.75 Å². The van der Waals surface area contributed by atoms with E-state index in [0.717, 1.165) is 0 Å². The fourth-order valence-electron chi connectivity index (χ4n) is 0.437. The number of halogens is 2. The van der Waals surface area contributed by atoms with Crippen molar-refractivity contribution in [2.45, 2.75) is 0 Å². The molecular formula is C6H3Cl2O. The highest BCUT2D eigenvalue weighted by Crippen LogP contribution is 2.24. The molecule has 0 heterocycles. The lowest BCUT2D eigenvalue weighted by atomic mass is 10.3. The average Bonchev–Trinajstić information content (AvgIpc) is 1.80. The van der Waals surface area contributed by atoms with E-state index in [9.17, 15) is 0 Å². The second-order valence-corrected chi connectivity index (χ2v) is 2.36. The highest BCUT2D eigenvalue weighted by Gasteiger charge is 1.96. The molecule has 0 unspecified atom stereocenters. The molecule has 9 heavy (non-hydrogen) atoms. The molecule has 1 nitrogen and oxygen atoms in total. The van der Waals surface area contributed by atoms with Gasteiger partial charge in [0.15, 0.2) is 0 Å². The zero-order valence-electron chi connectivity index (χ0n) is 4.36. The zero-order chi connectivity index (χ0) is 6.85. The van der Waals surface area contributed by atoms with E-state index in [-0.39, 0.29) is 10.8 Å². The minimum Gasteiger partial charge on any atom is -0.506 e. The zero-order valence-corrected chi connectivity index (χ0v) is 5.87. The molecule has 1 N–H and O–H groups in total. The van der Waals surface area contributed by atoms with Crippen LogP contribution < -0.4 is 0 Å². The maximum absolute atomic E-state index is 8.80. The minimum atomic E-state index is -0.0685. The predicted molar refractivity (Wildman–Crippen MR) is 37.0 cm³/mol. The summed E-state index contributed by atoms with van der Waals surface area (Å²) in [6.45, 7) is 0. The van der Waals surface area contributed by atoms with Crippen LogP contribution >= 0.6 is 23.2 Å². The van der Waals surface area contributed by atoms with Gasteiger partial charge in [0.1, 0.15) is 5.75 Å². The van der Waals surface area contributed by atoms with Crippen LogP contribution in [-0.4, -0.2) is 5.11 Å². The Balaban J connectivity index is 3.17. The number of aromatic hydroxyl groups is 1. The van der Waals surface area contributed by atoms with Crippen molar-refractivity contribution in [2.75, 3.05) is 0 Å². The van der Waals surface area contributed by atoms with E-state index in [1.807, 2.05) is 0 Å². The van der Waals surface area contributed by atoms with Gasteiger partial charge in [0.05, 0.1) is 5.02 Å². The normalized spacial score (nSPS) is 9.56. The quantitative estimate of drug-likeness (QED) is 0.621. The number of phenolic OH excluding ortho intramolecular Hbond substituents is 1. The van der Waals surface area contributed by atoms with Crippen LogP contribution in [0.4, 0.5) is 0 Å². The number of phenols is 1. The molecule has 0 aliphatic carbocycles. The lowest BCUT2D eigenvalue weighted by molar-refractivity contribution is 0.474. The van der Waals surface area contributed by atoms with E-state index in [1.165, 1.54) is 12.1 Å². The van der Waals surface area contributed by atoms with Gasteiger partial charge < -0.3 is 5.11 Å². The van der Waals surface area contributed by atoms with Crippen LogP contribution in [0, 0.1) is 6.07 Å². The predicted octanol–water partition coefficient (Wildman–Crippen LogP) is 2.50. The molecular weight excluding hydrogens is 159 g/mol. The standard InChI is InChI=1S/C6H3Cl2O/c7-4-1-2-6(9)5(8)3-4/h1,3,9H. The highest BCUT2D eigenvalue weighted by molar-refractivity contribution is 6.35. The Hall–Kier alpha value is -0.400. The Labute approximate surface area is 62.8 Å². The Morgan fingerprint density at radius 1 is 1.44 bits per heavy atom. The molecule has 1 rings (SSSR count). The van der Waals surface area contributed by atoms with Crippen LogP contribution in [0.5, 0.6) is 5.75 Å². The molecule has 0 spiro atoms. The largest absolute Gasteiger partial charge is 0.506 e. The fraction of sp³-hybridized carbons (Fsp3) is 0. The Kier molecular flexibility index (Phi) is 1.84. The monoisotopic (exact) mass is 161 g/mol. The second-order valence-electron chi connectivity index (χ2n) is 1.51. The van der Waals surface area contributed by atoms with E-state index in [2.05, 4.69) is 6.07 Å². The molecule has 0 fully saturated rings. The van der Waals surface area contributed by atoms with Crippen molar-refractivity contribution in [1.82, 2.24) is 0 Å². The molecule has 0 saturated heterocycles. The smallest absolute Gasteiger partial charge is 0.142 e. The van der Waals surface area contributed by atoms with E-state index in [0.29, 0.717) is 5.02 Å². The summed E-state index contributed by atoms with van der Waals surface area (Å²) in [5.41, 5.74) is 0. The average molecular weight is 162 g/mol. The molecule has 0 aromatic heterocycles. The summed E-state index contributed by atoms with van der Waals surface area (Å²) in [5.74, 6) is -0.0685. The van der Waals surface area contributed by atoms with Crippen LogP contribution in [0.3, 0.4) is 0 Å². The highest BCUT2D eigenvalue weighted by atomic mass is 35.5. The second kappa shape index (κ2) is 2.46. The van der Waals surface area contributed by atoms with Gasteiger partial charge >= 0.3 is 0 Å². The lowest BCUT2D eigenvalue weighted by Crippen LogP contribution is -1.67. The molecule has 1 radical (unpaired) electrons. The van der Waals surface area contributed by atoms with Crippen molar-refractivity contribution in [3.05, 3.63) is 28.2 Å². The van der Waals surface area contributed by atoms with Crippen LogP contribution in [0.25, 0.3) is 0 Å². The van der Waals surface area contributed by atoms with Gasteiger partial charge in [0.2, 0.25) is 0 Å². The number of benzene rings is 1. The van der Waals surface area contributed by atoms with Crippen molar-refractivity contribution < 1.29 is 5.11 Å². The summed E-state index contributed by atoms with van der Waals surface area (Å²) in [7, 11) is 0. The van der Waals surface area contributed by atoms with Crippen LogP contribution in [0.1, 0.15) is 0 Å². The van der Waals surface area contributed by atoms with Gasteiger partial charge in [-0.2, -0.15) is 0 Å². The van der Waals surface area contributed by atoms with Gasteiger partial charge in [-0.15, -0.1) is 0 Å². The summed E-state index contributed by atoms with van der Waals surface area (Å²) in [6.07, 6.45) is 0. The number of hydrogen-bond donors (Lipinski definition) is 1. The van der Waals surface area contributed by atoms with Crippen LogP contribution in [0.15, 0.2) is 12.1 Å². The first kappa shape index (κ1) is 6.72. The topological polar surface area (TPSA) is 20.2 Å². The molecule has 0 aliphatic rings. The van der Waals surface area contributed by atoms with E-state index >= 15 is 0 Å². The third kappa shape index (κ3) is 1.50. The van der Waals surface area contributed by atoms with Crippen molar-refractivity contribution in [2.24, 2.45) is 0 Å². The Morgan fingerprint density at radius 2 is 2.11 bits per heavy atom. The van der Waals surface area contributed by atoms with Crippen LogP contribution in [-0.2, 0) is 0 Å². The van der Waals surface area contributed by atoms with Gasteiger partial charge in [-0.25, -0.2) is 0 Å². The van der Waals surface area contributed by atoms with Gasteiger partial charge in [0.25, 0.3) is 0 Å². The number of rotatable bonds is 0. The fourth-order valence-corrected chi connectivity index (χ4v) is 0.829. The molecule has 0 saturated carbocycles. The first-order valence-corrected chi connectivity index (χ1v) is 3.01. The number of hydrogen-bond acceptors (Lipinski definition) is 1. The summed E-state index contributed by atoms with van der Waals surface area (Å²) >= 11 is 10.9. The summed E-state index contributed by atoms with van der Waals surface area (Å²) < 4.78 is 0. The maximum Gasteiger partial charge on any atom is 0.142 e.